The minimum absolute atomic E-state index is 0.0742. The van der Waals surface area contributed by atoms with Gasteiger partial charge in [-0.1, -0.05) is 45.4 Å². The summed E-state index contributed by atoms with van der Waals surface area (Å²) in [6, 6.07) is 9.18. The highest BCUT2D eigenvalue weighted by Gasteiger charge is 2.42. The van der Waals surface area contributed by atoms with E-state index in [9.17, 15) is 14.7 Å². The van der Waals surface area contributed by atoms with Crippen LogP contribution in [0.25, 0.3) is 10.4 Å². The standard InChI is InChI=1S/C31H41BrN4O7S/c1-21-17-28(43-35-21)26(8-11-40-13-15-42-16-14-41-12-9-32)31(39)36-19-25(37)18-27(36)30(38)33-10-7-23-3-5-24(6-4-23)29-22(2)34-20-44-29/h3-6,17,20,25-27,37H,7-16,18-19H2,1-2H3,(H,33,38)/t25-,26-,27-/m0/s1. The summed E-state index contributed by atoms with van der Waals surface area (Å²) in [5.41, 5.74) is 5.71. The summed E-state index contributed by atoms with van der Waals surface area (Å²) < 4.78 is 22.0. The van der Waals surface area contributed by atoms with Gasteiger partial charge in [-0.25, -0.2) is 4.98 Å². The van der Waals surface area contributed by atoms with Gasteiger partial charge in [0, 0.05) is 37.5 Å². The molecule has 2 amide bonds. The number of halogens is 1. The summed E-state index contributed by atoms with van der Waals surface area (Å²) >= 11 is 4.92. The van der Waals surface area contributed by atoms with Crippen molar-refractivity contribution in [2.45, 2.75) is 51.2 Å². The molecular weight excluding hydrogens is 652 g/mol. The number of hydrogen-bond donors (Lipinski definition) is 2. The van der Waals surface area contributed by atoms with E-state index < -0.39 is 18.1 Å². The zero-order valence-electron chi connectivity index (χ0n) is 25.2. The van der Waals surface area contributed by atoms with Crippen LogP contribution < -0.4 is 5.32 Å². The van der Waals surface area contributed by atoms with Crippen LogP contribution in [-0.2, 0) is 30.2 Å². The Kier molecular flexibility index (Phi) is 13.8. The number of hydrogen-bond acceptors (Lipinski definition) is 10. The zero-order valence-corrected chi connectivity index (χ0v) is 27.6. The van der Waals surface area contributed by atoms with Crippen molar-refractivity contribution < 1.29 is 33.4 Å². The van der Waals surface area contributed by atoms with Crippen molar-refractivity contribution >= 4 is 39.1 Å². The number of likely N-dealkylation sites (tertiary alicyclic amines) is 1. The summed E-state index contributed by atoms with van der Waals surface area (Å²) in [6.07, 6.45) is 0.360. The Morgan fingerprint density at radius 1 is 1.11 bits per heavy atom. The largest absolute Gasteiger partial charge is 0.391 e. The molecule has 1 saturated heterocycles. The lowest BCUT2D eigenvalue weighted by atomic mass is 10.00. The second kappa shape index (κ2) is 17.7. The minimum Gasteiger partial charge on any atom is -0.391 e. The number of amides is 2. The molecular formula is C31H41BrN4O7S. The molecule has 1 aromatic carbocycles. The number of thiazole rings is 1. The van der Waals surface area contributed by atoms with Crippen LogP contribution in [0.1, 0.15) is 41.5 Å². The fourth-order valence-corrected chi connectivity index (χ4v) is 6.13. The number of β-amino-alcohol motifs (C(OH)–C–C–N with tert-alkyl or cyclic N) is 1. The van der Waals surface area contributed by atoms with Gasteiger partial charge in [-0.2, -0.15) is 0 Å². The summed E-state index contributed by atoms with van der Waals surface area (Å²) in [5, 5.41) is 18.2. The Morgan fingerprint density at radius 3 is 2.45 bits per heavy atom. The van der Waals surface area contributed by atoms with Crippen LogP contribution in [0.2, 0.25) is 0 Å². The lowest BCUT2D eigenvalue weighted by Gasteiger charge is -2.27. The summed E-state index contributed by atoms with van der Waals surface area (Å²) in [6.45, 7) is 6.97. The first-order valence-electron chi connectivity index (χ1n) is 14.9. The molecule has 2 aromatic heterocycles. The van der Waals surface area contributed by atoms with E-state index in [4.69, 9.17) is 18.7 Å². The van der Waals surface area contributed by atoms with Crippen LogP contribution in [0.4, 0.5) is 0 Å². The summed E-state index contributed by atoms with van der Waals surface area (Å²) in [5.74, 6) is -0.867. The normalized spacial score (nSPS) is 17.2. The lowest BCUT2D eigenvalue weighted by Crippen LogP contribution is -2.48. The predicted octanol–water partition coefficient (Wildman–Crippen LogP) is 3.65. The van der Waals surface area contributed by atoms with E-state index in [0.29, 0.717) is 63.9 Å². The summed E-state index contributed by atoms with van der Waals surface area (Å²) in [7, 11) is 0. The maximum atomic E-state index is 13.8. The Bertz CT molecular complexity index is 1320. The molecule has 240 valence electrons. The van der Waals surface area contributed by atoms with E-state index in [1.54, 1.807) is 24.3 Å². The molecule has 2 N–H and O–H groups in total. The number of nitrogens with zero attached hydrogens (tertiary/aromatic N) is 3. The first-order chi connectivity index (χ1) is 21.4. The molecule has 1 aliphatic rings. The van der Waals surface area contributed by atoms with E-state index in [1.807, 2.05) is 12.4 Å². The van der Waals surface area contributed by atoms with Crippen LogP contribution in [0.5, 0.6) is 0 Å². The first kappa shape index (κ1) is 34.2. The Balaban J connectivity index is 1.28. The number of rotatable bonds is 18. The quantitative estimate of drug-likeness (QED) is 0.151. The number of alkyl halides is 1. The third-order valence-corrected chi connectivity index (χ3v) is 8.64. The molecule has 1 aliphatic heterocycles. The van der Waals surface area contributed by atoms with E-state index >= 15 is 0 Å². The van der Waals surface area contributed by atoms with Gasteiger partial charge in [0.2, 0.25) is 11.8 Å². The van der Waals surface area contributed by atoms with Crippen molar-refractivity contribution in [2.24, 2.45) is 0 Å². The van der Waals surface area contributed by atoms with Gasteiger partial charge in [0.25, 0.3) is 0 Å². The molecule has 11 nitrogen and oxygen atoms in total. The number of nitrogens with one attached hydrogen (secondary N) is 1. The number of aromatic nitrogens is 2. The third kappa shape index (κ3) is 9.91. The van der Waals surface area contributed by atoms with Gasteiger partial charge in [-0.15, -0.1) is 11.3 Å². The van der Waals surface area contributed by atoms with Crippen molar-refractivity contribution in [3.8, 4) is 10.4 Å². The Hall–Kier alpha value is -2.68. The van der Waals surface area contributed by atoms with Crippen LogP contribution in [0, 0.1) is 13.8 Å². The molecule has 0 spiro atoms. The van der Waals surface area contributed by atoms with Gasteiger partial charge >= 0.3 is 0 Å². The van der Waals surface area contributed by atoms with E-state index in [1.165, 1.54) is 4.90 Å². The highest BCUT2D eigenvalue weighted by Crippen LogP contribution is 2.29. The molecule has 0 unspecified atom stereocenters. The fraction of sp³-hybridized carbons (Fsp3) is 0.548. The van der Waals surface area contributed by atoms with Crippen molar-refractivity contribution in [1.29, 1.82) is 0 Å². The minimum atomic E-state index is -0.790. The first-order valence-corrected chi connectivity index (χ1v) is 16.9. The second-order valence-corrected chi connectivity index (χ2v) is 12.3. The SMILES string of the molecule is Cc1cc([C@H](CCOCCOCCOCCBr)C(=O)N2C[C@@H](O)C[C@H]2C(=O)NCCc2ccc(-c3scnc3C)cc2)on1. The molecule has 3 aromatic rings. The molecule has 44 heavy (non-hydrogen) atoms. The monoisotopic (exact) mass is 692 g/mol. The van der Waals surface area contributed by atoms with Crippen molar-refractivity contribution in [3.05, 3.63) is 58.6 Å². The number of benzene rings is 1. The van der Waals surface area contributed by atoms with Crippen molar-refractivity contribution in [2.75, 3.05) is 58.1 Å². The molecule has 4 rings (SSSR count). The van der Waals surface area contributed by atoms with Gasteiger partial charge in [0.15, 0.2) is 0 Å². The molecule has 1 fully saturated rings. The van der Waals surface area contributed by atoms with Crippen LogP contribution in [-0.4, -0.2) is 102 Å². The smallest absolute Gasteiger partial charge is 0.242 e. The Morgan fingerprint density at radius 2 is 1.82 bits per heavy atom. The highest BCUT2D eigenvalue weighted by atomic mass is 79.9. The molecule has 0 aliphatic carbocycles. The van der Waals surface area contributed by atoms with E-state index in [0.717, 1.165) is 27.0 Å². The fourth-order valence-electron chi connectivity index (χ4n) is 5.09. The molecule has 0 saturated carbocycles. The molecule has 0 radical (unpaired) electrons. The van der Waals surface area contributed by atoms with Gasteiger partial charge in [-0.3, -0.25) is 9.59 Å². The molecule has 13 heteroatoms. The van der Waals surface area contributed by atoms with Crippen LogP contribution >= 0.6 is 27.3 Å². The second-order valence-electron chi connectivity index (χ2n) is 10.6. The molecule has 3 atom stereocenters. The van der Waals surface area contributed by atoms with Gasteiger partial charge in [0.05, 0.1) is 60.9 Å². The number of carbonyl (C=O) groups is 2. The number of carbonyl (C=O) groups excluding carboxylic acids is 2. The maximum absolute atomic E-state index is 13.8. The lowest BCUT2D eigenvalue weighted by molar-refractivity contribution is -0.140. The molecule has 0 bridgehead atoms. The highest BCUT2D eigenvalue weighted by molar-refractivity contribution is 9.09. The van der Waals surface area contributed by atoms with Crippen LogP contribution in [0.3, 0.4) is 0 Å². The third-order valence-electron chi connectivity index (χ3n) is 7.34. The topological polar surface area (TPSA) is 136 Å². The van der Waals surface area contributed by atoms with E-state index in [-0.39, 0.29) is 31.4 Å². The van der Waals surface area contributed by atoms with Gasteiger partial charge in [-0.05, 0) is 37.8 Å². The van der Waals surface area contributed by atoms with Crippen molar-refractivity contribution in [3.63, 3.8) is 0 Å². The number of ether oxygens (including phenoxy) is 3. The molecule has 3 heterocycles. The van der Waals surface area contributed by atoms with Crippen LogP contribution in [0.15, 0.2) is 40.4 Å². The Labute approximate surface area is 270 Å². The average molecular weight is 694 g/mol. The number of aryl methyl sites for hydroxylation is 2. The van der Waals surface area contributed by atoms with E-state index in [2.05, 4.69) is 55.7 Å². The number of aliphatic hydroxyl groups is 1. The van der Waals surface area contributed by atoms with Crippen molar-refractivity contribution in [1.82, 2.24) is 20.4 Å². The summed E-state index contributed by atoms with van der Waals surface area (Å²) in [4.78, 5) is 34.0. The average Bonchev–Trinajstić information content (AvgIpc) is 3.75. The van der Waals surface area contributed by atoms with Gasteiger partial charge < -0.3 is 34.1 Å². The number of aliphatic hydroxyl groups excluding tert-OH is 1. The van der Waals surface area contributed by atoms with Gasteiger partial charge in [0.1, 0.15) is 17.7 Å². The zero-order chi connectivity index (χ0) is 31.3. The maximum Gasteiger partial charge on any atom is 0.242 e. The predicted molar refractivity (Wildman–Crippen MR) is 170 cm³/mol.